The Labute approximate surface area is 431 Å². The molecule has 0 spiro atoms. The second-order valence-corrected chi connectivity index (χ2v) is 22.2. The number of unbranched alkanes of at least 4 members (excludes halogenated alkanes) is 47. The first-order chi connectivity index (χ1) is 34.0. The van der Waals surface area contributed by atoms with E-state index in [1.807, 2.05) is 0 Å². The van der Waals surface area contributed by atoms with Crippen molar-refractivity contribution in [1.82, 2.24) is 0 Å². The molecule has 0 aromatic rings. The molecule has 408 valence electrons. The highest BCUT2D eigenvalue weighted by Gasteiger charge is 2.40. The van der Waals surface area contributed by atoms with Gasteiger partial charge in [0.15, 0.2) is 11.4 Å². The molecule has 1 aliphatic rings. The second-order valence-electron chi connectivity index (χ2n) is 22.2. The Balaban J connectivity index is 2.31. The number of esters is 2. The number of carbonyl (C=O) groups is 2. The molecule has 1 aliphatic heterocycles. The van der Waals surface area contributed by atoms with Gasteiger partial charge in [0.05, 0.1) is 0 Å². The normalized spacial score (nSPS) is 13.2. The maximum absolute atomic E-state index is 12.9. The van der Waals surface area contributed by atoms with Crippen molar-refractivity contribution >= 4 is 17.8 Å². The van der Waals surface area contributed by atoms with E-state index in [2.05, 4.69) is 20.8 Å². The Hall–Kier alpha value is -1.59. The third kappa shape index (κ3) is 46.0. The van der Waals surface area contributed by atoms with Gasteiger partial charge in [-0.3, -0.25) is 9.59 Å². The summed E-state index contributed by atoms with van der Waals surface area (Å²) in [6.45, 7) is 7.40. The molecule has 0 unspecified atom stereocenters. The number of hydrogen-bond donors (Lipinski definition) is 0. The van der Waals surface area contributed by atoms with Gasteiger partial charge in [-0.2, -0.15) is 0 Å². The van der Waals surface area contributed by atoms with Crippen LogP contribution in [0.25, 0.3) is 0 Å². The summed E-state index contributed by atoms with van der Waals surface area (Å²) in [7, 11) is 0. The van der Waals surface area contributed by atoms with Gasteiger partial charge < -0.3 is 14.2 Å². The van der Waals surface area contributed by atoms with E-state index in [0.29, 0.717) is 19.4 Å². The Kier molecular flexibility index (Phi) is 50.0. The Morgan fingerprint density at radius 3 is 0.812 bits per heavy atom. The highest BCUT2D eigenvalue weighted by atomic mass is 16.6. The third-order valence-electron chi connectivity index (χ3n) is 15.1. The first kappa shape index (κ1) is 65.4. The molecule has 0 bridgehead atoms. The van der Waals surface area contributed by atoms with Crippen LogP contribution in [0.15, 0.2) is 4.99 Å². The lowest BCUT2D eigenvalue weighted by Gasteiger charge is -2.23. The minimum absolute atomic E-state index is 0.111. The lowest BCUT2D eigenvalue weighted by Crippen LogP contribution is -2.41. The van der Waals surface area contributed by atoms with Gasteiger partial charge in [0.2, 0.25) is 0 Å². The summed E-state index contributed by atoms with van der Waals surface area (Å²) in [6, 6.07) is 0. The lowest BCUT2D eigenvalue weighted by atomic mass is 10.0. The highest BCUT2D eigenvalue weighted by molar-refractivity contribution is 5.78. The van der Waals surface area contributed by atoms with Crippen LogP contribution in [-0.2, 0) is 23.8 Å². The summed E-state index contributed by atoms with van der Waals surface area (Å²) in [5.41, 5.74) is -0.835. The Bertz CT molecular complexity index is 1050. The molecule has 0 radical (unpaired) electrons. The first-order valence-electron chi connectivity index (χ1n) is 31.6. The predicted molar refractivity (Wildman–Crippen MR) is 300 cm³/mol. The Morgan fingerprint density at radius 2 is 0.565 bits per heavy atom. The molecular formula is C63H121NO5. The molecule has 0 N–H and O–H groups in total. The van der Waals surface area contributed by atoms with Crippen molar-refractivity contribution in [1.29, 1.82) is 0 Å². The van der Waals surface area contributed by atoms with Crippen LogP contribution < -0.4 is 0 Å². The van der Waals surface area contributed by atoms with Crippen LogP contribution in [0.4, 0.5) is 0 Å². The number of rotatable bonds is 57. The van der Waals surface area contributed by atoms with Gasteiger partial charge in [-0.25, -0.2) is 4.99 Å². The molecule has 1 rings (SSSR count). The number of hydrogen-bond acceptors (Lipinski definition) is 6. The monoisotopic (exact) mass is 972 g/mol. The van der Waals surface area contributed by atoms with Crippen LogP contribution in [-0.4, -0.2) is 43.2 Å². The third-order valence-corrected chi connectivity index (χ3v) is 15.1. The van der Waals surface area contributed by atoms with Crippen LogP contribution in [0.5, 0.6) is 0 Å². The van der Waals surface area contributed by atoms with Crippen LogP contribution in [0.3, 0.4) is 0 Å². The molecule has 0 saturated carbocycles. The van der Waals surface area contributed by atoms with Crippen LogP contribution >= 0.6 is 0 Å². The summed E-state index contributed by atoms with van der Waals surface area (Å²) in [4.78, 5) is 30.8. The fourth-order valence-electron chi connectivity index (χ4n) is 10.3. The molecule has 69 heavy (non-hydrogen) atoms. The second kappa shape index (κ2) is 52.7. The summed E-state index contributed by atoms with van der Waals surface area (Å²) >= 11 is 0. The smallest absolute Gasteiger partial charge is 0.305 e. The molecule has 1 heterocycles. The van der Waals surface area contributed by atoms with E-state index in [1.165, 1.54) is 289 Å². The predicted octanol–water partition coefficient (Wildman–Crippen LogP) is 21.0. The van der Waals surface area contributed by atoms with Crippen molar-refractivity contribution in [3.05, 3.63) is 0 Å². The van der Waals surface area contributed by atoms with Crippen LogP contribution in [0.2, 0.25) is 0 Å². The van der Waals surface area contributed by atoms with Crippen molar-refractivity contribution in [2.24, 2.45) is 4.99 Å². The number of aliphatic imine (C=N–C) groups is 1. The number of carbonyl (C=O) groups excluding carboxylic acids is 2. The maximum Gasteiger partial charge on any atom is 0.305 e. The van der Waals surface area contributed by atoms with E-state index in [-0.39, 0.29) is 25.2 Å². The topological polar surface area (TPSA) is 74.2 Å². The number of ether oxygens (including phenoxy) is 3. The molecule has 0 saturated heterocycles. The van der Waals surface area contributed by atoms with Crippen molar-refractivity contribution < 1.29 is 23.8 Å². The largest absolute Gasteiger partial charge is 0.478 e. The molecular weight excluding hydrogens is 851 g/mol. The molecule has 0 aliphatic carbocycles. The Morgan fingerprint density at radius 1 is 0.348 bits per heavy atom. The number of nitrogens with zero attached hydrogens (tertiary/aromatic N) is 1. The summed E-state index contributed by atoms with van der Waals surface area (Å²) < 4.78 is 17.8. The van der Waals surface area contributed by atoms with Crippen molar-refractivity contribution in [2.45, 2.75) is 367 Å². The minimum atomic E-state index is -0.835. The van der Waals surface area contributed by atoms with Gasteiger partial charge >= 0.3 is 11.9 Å². The molecule has 0 amide bonds. The minimum Gasteiger partial charge on any atom is -0.478 e. The molecule has 6 heteroatoms. The first-order valence-corrected chi connectivity index (χ1v) is 31.6. The molecule has 0 aromatic carbocycles. The van der Waals surface area contributed by atoms with Crippen LogP contribution in [0.1, 0.15) is 361 Å². The zero-order valence-electron chi connectivity index (χ0n) is 47.1. The fourth-order valence-corrected chi connectivity index (χ4v) is 10.3. The van der Waals surface area contributed by atoms with Gasteiger partial charge in [-0.1, -0.05) is 323 Å². The zero-order valence-corrected chi connectivity index (χ0v) is 47.1. The molecule has 0 fully saturated rings. The average molecular weight is 973 g/mol. The molecule has 6 nitrogen and oxygen atoms in total. The van der Waals surface area contributed by atoms with Gasteiger partial charge in [0, 0.05) is 19.3 Å². The zero-order chi connectivity index (χ0) is 49.7. The maximum atomic E-state index is 12.9. The standard InChI is InChI=1S/C63H121NO5/c1-4-7-10-13-16-19-22-25-28-31-34-37-40-43-46-49-52-55-61(65)68-58-63(57-67-60(64-63)54-51-48-45-42-39-36-33-30-27-24-21-18-15-12-9-6-3)59-69-62(66)56-53-50-47-44-41-38-35-32-29-26-23-20-17-14-11-8-5-2/h4-59H2,1-3H3. The molecule has 0 aromatic heterocycles. The van der Waals surface area contributed by atoms with Crippen molar-refractivity contribution in [3.8, 4) is 0 Å². The van der Waals surface area contributed by atoms with E-state index in [1.54, 1.807) is 0 Å². The fraction of sp³-hybridized carbons (Fsp3) is 0.952. The van der Waals surface area contributed by atoms with Crippen molar-refractivity contribution in [3.63, 3.8) is 0 Å². The van der Waals surface area contributed by atoms with E-state index in [4.69, 9.17) is 19.2 Å². The highest BCUT2D eigenvalue weighted by Crippen LogP contribution is 2.25. The van der Waals surface area contributed by atoms with Crippen LogP contribution in [0, 0.1) is 0 Å². The van der Waals surface area contributed by atoms with Crippen molar-refractivity contribution in [2.75, 3.05) is 19.8 Å². The van der Waals surface area contributed by atoms with Gasteiger partial charge in [-0.15, -0.1) is 0 Å². The van der Waals surface area contributed by atoms with Gasteiger partial charge in [0.1, 0.15) is 19.8 Å². The molecule has 0 atom stereocenters. The van der Waals surface area contributed by atoms with Gasteiger partial charge in [0.25, 0.3) is 0 Å². The van der Waals surface area contributed by atoms with E-state index in [0.717, 1.165) is 44.4 Å². The van der Waals surface area contributed by atoms with E-state index >= 15 is 0 Å². The van der Waals surface area contributed by atoms with E-state index < -0.39 is 5.54 Å². The SMILES string of the molecule is CCCCCCCCCCCCCCCCCCCC(=O)OCC1(COC(=O)CCCCCCCCCCCCCCCCCCC)COC(CCCCCCCCCCCCCCCCCC)=N1. The summed E-state index contributed by atoms with van der Waals surface area (Å²) in [6.07, 6.45) is 68.2. The summed E-state index contributed by atoms with van der Waals surface area (Å²) in [5, 5.41) is 0. The van der Waals surface area contributed by atoms with E-state index in [9.17, 15) is 9.59 Å². The quantitative estimate of drug-likeness (QED) is 0.0448. The average Bonchev–Trinajstić information content (AvgIpc) is 3.77. The van der Waals surface area contributed by atoms with Gasteiger partial charge in [-0.05, 0) is 19.3 Å². The lowest BCUT2D eigenvalue weighted by molar-refractivity contribution is -0.150. The summed E-state index contributed by atoms with van der Waals surface area (Å²) in [5.74, 6) is 0.382.